The molecule has 0 aliphatic rings. The summed E-state index contributed by atoms with van der Waals surface area (Å²) >= 11 is 0. The van der Waals surface area contributed by atoms with Gasteiger partial charge in [-0.3, -0.25) is 0 Å². The van der Waals surface area contributed by atoms with Crippen molar-refractivity contribution in [2.75, 3.05) is 0 Å². The van der Waals surface area contributed by atoms with Gasteiger partial charge in [0.1, 0.15) is 6.54 Å². The molecule has 0 aromatic carbocycles. The Balaban J connectivity index is 2.14. The maximum Gasteiger partial charge on any atom is 0.157 e. The smallest absolute Gasteiger partial charge is 0.157 e. The zero-order valence-electron chi connectivity index (χ0n) is 9.99. The SMILES string of the molecule is CC(C)=CCC[C@@H](C)[NH2+]Cc1ccco1. The van der Waals surface area contributed by atoms with Gasteiger partial charge in [-0.15, -0.1) is 0 Å². The lowest BCUT2D eigenvalue weighted by Crippen LogP contribution is -2.87. The van der Waals surface area contributed by atoms with Crippen LogP contribution in [0.15, 0.2) is 34.5 Å². The van der Waals surface area contributed by atoms with Crippen molar-refractivity contribution in [3.05, 3.63) is 35.8 Å². The van der Waals surface area contributed by atoms with Gasteiger partial charge in [0, 0.05) is 6.42 Å². The van der Waals surface area contributed by atoms with Crippen molar-refractivity contribution in [3.63, 3.8) is 0 Å². The molecule has 1 aromatic rings. The topological polar surface area (TPSA) is 29.8 Å². The number of hydrogen-bond acceptors (Lipinski definition) is 1. The summed E-state index contributed by atoms with van der Waals surface area (Å²) in [6.07, 6.45) is 6.44. The maximum atomic E-state index is 5.28. The molecule has 2 heteroatoms. The molecule has 0 unspecified atom stereocenters. The Labute approximate surface area is 92.4 Å². The highest BCUT2D eigenvalue weighted by Gasteiger charge is 2.05. The Kier molecular flexibility index (Phi) is 5.19. The Morgan fingerprint density at radius 1 is 1.53 bits per heavy atom. The summed E-state index contributed by atoms with van der Waals surface area (Å²) in [6, 6.07) is 4.63. The molecule has 0 spiro atoms. The van der Waals surface area contributed by atoms with Gasteiger partial charge in [0.05, 0.1) is 12.3 Å². The predicted molar refractivity (Wildman–Crippen MR) is 62.5 cm³/mol. The fourth-order valence-corrected chi connectivity index (χ4v) is 1.50. The number of furan rings is 1. The molecule has 84 valence electrons. The molecule has 0 aliphatic carbocycles. The molecule has 1 atom stereocenters. The minimum absolute atomic E-state index is 0.658. The Hall–Kier alpha value is -1.02. The van der Waals surface area contributed by atoms with Gasteiger partial charge >= 0.3 is 0 Å². The number of hydrogen-bond donors (Lipinski definition) is 1. The van der Waals surface area contributed by atoms with E-state index in [1.165, 1.54) is 18.4 Å². The Morgan fingerprint density at radius 2 is 2.33 bits per heavy atom. The van der Waals surface area contributed by atoms with E-state index >= 15 is 0 Å². The van der Waals surface area contributed by atoms with Crippen LogP contribution < -0.4 is 5.32 Å². The summed E-state index contributed by atoms with van der Waals surface area (Å²) in [5.74, 6) is 1.06. The van der Waals surface area contributed by atoms with E-state index in [1.54, 1.807) is 6.26 Å². The van der Waals surface area contributed by atoms with Crippen LogP contribution in [0.25, 0.3) is 0 Å². The van der Waals surface area contributed by atoms with Crippen molar-refractivity contribution in [1.29, 1.82) is 0 Å². The van der Waals surface area contributed by atoms with Crippen LogP contribution >= 0.6 is 0 Å². The van der Waals surface area contributed by atoms with E-state index in [2.05, 4.69) is 32.2 Å². The lowest BCUT2D eigenvalue weighted by Gasteiger charge is -2.08. The number of allylic oxidation sites excluding steroid dienone is 2. The van der Waals surface area contributed by atoms with Gasteiger partial charge in [0.2, 0.25) is 0 Å². The summed E-state index contributed by atoms with van der Waals surface area (Å²) < 4.78 is 5.28. The maximum absolute atomic E-state index is 5.28. The molecule has 0 amide bonds. The van der Waals surface area contributed by atoms with Gasteiger partial charge < -0.3 is 9.73 Å². The summed E-state index contributed by atoms with van der Waals surface area (Å²) in [5, 5.41) is 2.33. The second-order valence-corrected chi connectivity index (χ2v) is 4.36. The van der Waals surface area contributed by atoms with Crippen LogP contribution in [0.1, 0.15) is 39.4 Å². The van der Waals surface area contributed by atoms with Crippen LogP contribution in [0, 0.1) is 0 Å². The first kappa shape index (κ1) is 12.1. The third-order valence-electron chi connectivity index (χ3n) is 2.48. The lowest BCUT2D eigenvalue weighted by atomic mass is 10.1. The average molecular weight is 208 g/mol. The number of quaternary nitrogens is 1. The van der Waals surface area contributed by atoms with Gasteiger partial charge in [-0.05, 0) is 39.3 Å². The molecular weight excluding hydrogens is 186 g/mol. The van der Waals surface area contributed by atoms with Crippen LogP contribution in [0.3, 0.4) is 0 Å². The van der Waals surface area contributed by atoms with Crippen molar-refractivity contribution >= 4 is 0 Å². The van der Waals surface area contributed by atoms with Crippen LogP contribution in [-0.4, -0.2) is 6.04 Å². The van der Waals surface area contributed by atoms with E-state index in [0.717, 1.165) is 12.3 Å². The van der Waals surface area contributed by atoms with Crippen molar-refractivity contribution in [2.45, 2.75) is 46.2 Å². The highest BCUT2D eigenvalue weighted by Crippen LogP contribution is 2.00. The number of rotatable bonds is 6. The van der Waals surface area contributed by atoms with Gasteiger partial charge in [0.15, 0.2) is 5.76 Å². The van der Waals surface area contributed by atoms with Crippen LogP contribution in [0.4, 0.5) is 0 Å². The van der Waals surface area contributed by atoms with E-state index in [9.17, 15) is 0 Å². The second kappa shape index (κ2) is 6.46. The molecule has 15 heavy (non-hydrogen) atoms. The number of nitrogens with two attached hydrogens (primary N) is 1. The van der Waals surface area contributed by atoms with E-state index in [-0.39, 0.29) is 0 Å². The van der Waals surface area contributed by atoms with Crippen LogP contribution in [0.5, 0.6) is 0 Å². The largest absolute Gasteiger partial charge is 0.463 e. The summed E-state index contributed by atoms with van der Waals surface area (Å²) in [7, 11) is 0. The zero-order valence-corrected chi connectivity index (χ0v) is 9.99. The predicted octanol–water partition coefficient (Wildman–Crippen LogP) is 2.48. The second-order valence-electron chi connectivity index (χ2n) is 4.36. The fraction of sp³-hybridized carbons (Fsp3) is 0.538. The average Bonchev–Trinajstić information content (AvgIpc) is 2.66. The minimum Gasteiger partial charge on any atom is -0.463 e. The molecule has 0 radical (unpaired) electrons. The Bertz CT molecular complexity index is 283. The van der Waals surface area contributed by atoms with E-state index < -0.39 is 0 Å². The molecule has 2 N–H and O–H groups in total. The third kappa shape index (κ3) is 5.43. The third-order valence-corrected chi connectivity index (χ3v) is 2.48. The van der Waals surface area contributed by atoms with Gasteiger partial charge in [-0.1, -0.05) is 11.6 Å². The fourth-order valence-electron chi connectivity index (χ4n) is 1.50. The molecule has 1 heterocycles. The van der Waals surface area contributed by atoms with Crippen molar-refractivity contribution in [1.82, 2.24) is 0 Å². The lowest BCUT2D eigenvalue weighted by molar-refractivity contribution is -0.703. The first-order valence-corrected chi connectivity index (χ1v) is 5.67. The summed E-state index contributed by atoms with van der Waals surface area (Å²) in [4.78, 5) is 0. The first-order valence-electron chi connectivity index (χ1n) is 5.67. The van der Waals surface area contributed by atoms with E-state index in [1.807, 2.05) is 12.1 Å². The summed E-state index contributed by atoms with van der Waals surface area (Å²) in [6.45, 7) is 7.51. The molecule has 0 aliphatic heterocycles. The van der Waals surface area contributed by atoms with Crippen LogP contribution in [0.2, 0.25) is 0 Å². The highest BCUT2D eigenvalue weighted by atomic mass is 16.3. The van der Waals surface area contributed by atoms with Gasteiger partial charge in [-0.25, -0.2) is 0 Å². The standard InChI is InChI=1S/C13H21NO/c1-11(2)6-4-7-12(3)14-10-13-8-5-9-15-13/h5-6,8-9,12,14H,4,7,10H2,1-3H3/p+1/t12-/m1/s1. The summed E-state index contributed by atoms with van der Waals surface area (Å²) in [5.41, 5.74) is 1.41. The molecule has 1 rings (SSSR count). The van der Waals surface area contributed by atoms with Crippen molar-refractivity contribution in [3.8, 4) is 0 Å². The van der Waals surface area contributed by atoms with E-state index in [0.29, 0.717) is 6.04 Å². The molecule has 0 fully saturated rings. The van der Waals surface area contributed by atoms with E-state index in [4.69, 9.17) is 4.42 Å². The van der Waals surface area contributed by atoms with Crippen LogP contribution in [-0.2, 0) is 6.54 Å². The molecule has 0 bridgehead atoms. The monoisotopic (exact) mass is 208 g/mol. The molecule has 1 aromatic heterocycles. The van der Waals surface area contributed by atoms with Gasteiger partial charge in [-0.2, -0.15) is 0 Å². The molecule has 0 saturated carbocycles. The first-order chi connectivity index (χ1) is 7.18. The quantitative estimate of drug-likeness (QED) is 0.715. The Morgan fingerprint density at radius 3 is 2.93 bits per heavy atom. The highest BCUT2D eigenvalue weighted by molar-refractivity contribution is 4.95. The van der Waals surface area contributed by atoms with Crippen molar-refractivity contribution < 1.29 is 9.73 Å². The minimum atomic E-state index is 0.658. The molecular formula is C13H22NO+. The molecule has 2 nitrogen and oxygen atoms in total. The zero-order chi connectivity index (χ0) is 11.1. The molecule has 0 saturated heterocycles. The van der Waals surface area contributed by atoms with Crippen molar-refractivity contribution in [2.24, 2.45) is 0 Å². The van der Waals surface area contributed by atoms with Gasteiger partial charge in [0.25, 0.3) is 0 Å². The normalized spacial score (nSPS) is 12.5.